The Morgan fingerprint density at radius 1 is 1.28 bits per heavy atom. The minimum absolute atomic E-state index is 0. The van der Waals surface area contributed by atoms with Crippen LogP contribution in [0.5, 0.6) is 5.75 Å². The number of aromatic nitrogens is 1. The number of anilines is 2. The van der Waals surface area contributed by atoms with Crippen molar-refractivity contribution in [2.24, 2.45) is 5.73 Å². The molecule has 1 saturated heterocycles. The highest BCUT2D eigenvalue weighted by molar-refractivity contribution is 7.91. The molecule has 192 valence electrons. The first-order valence-corrected chi connectivity index (χ1v) is 12.6. The van der Waals surface area contributed by atoms with Gasteiger partial charge in [-0.25, -0.2) is 12.8 Å². The number of fused-ring (bicyclic) bond motifs is 1. The number of pyridine rings is 1. The van der Waals surface area contributed by atoms with Crippen LogP contribution in [0.25, 0.3) is 10.9 Å². The van der Waals surface area contributed by atoms with Crippen LogP contribution in [0.4, 0.5) is 15.8 Å². The fourth-order valence-electron chi connectivity index (χ4n) is 4.12. The summed E-state index contributed by atoms with van der Waals surface area (Å²) in [6.45, 7) is 2.37. The largest absolute Gasteiger partial charge is 0.494 e. The van der Waals surface area contributed by atoms with Crippen molar-refractivity contribution in [3.05, 3.63) is 53.5 Å². The number of nitrogens with one attached hydrogen (secondary N) is 1. The molecule has 0 spiro atoms. The number of rotatable bonds is 8. The Morgan fingerprint density at radius 3 is 2.67 bits per heavy atom. The Balaban J connectivity index is 0.00000361. The van der Waals surface area contributed by atoms with Crippen LogP contribution in [-0.2, 0) is 14.6 Å². The number of carbonyl (C=O) groups excluding carboxylic acids is 2. The molecule has 0 saturated carbocycles. The minimum atomic E-state index is -3.76. The first kappa shape index (κ1) is 27.2. The van der Waals surface area contributed by atoms with Crippen molar-refractivity contribution in [3.63, 3.8) is 0 Å². The van der Waals surface area contributed by atoms with Crippen molar-refractivity contribution >= 4 is 56.3 Å². The zero-order valence-electron chi connectivity index (χ0n) is 19.7. The molecular formula is C24H26ClFN4O5S. The van der Waals surface area contributed by atoms with E-state index in [2.05, 4.69) is 10.3 Å². The number of amides is 2. The Bertz CT molecular complexity index is 1450. The van der Waals surface area contributed by atoms with Gasteiger partial charge in [-0.1, -0.05) is 0 Å². The van der Waals surface area contributed by atoms with Gasteiger partial charge in [0.25, 0.3) is 5.91 Å². The predicted octanol–water partition coefficient (Wildman–Crippen LogP) is 3.35. The number of ether oxygens (including phenoxy) is 1. The van der Waals surface area contributed by atoms with Gasteiger partial charge in [0.15, 0.2) is 21.4 Å². The number of hydrogen-bond donors (Lipinski definition) is 2. The van der Waals surface area contributed by atoms with Gasteiger partial charge in [0.2, 0.25) is 5.91 Å². The smallest absolute Gasteiger partial charge is 0.252 e. The summed E-state index contributed by atoms with van der Waals surface area (Å²) < 4.78 is 45.3. The minimum Gasteiger partial charge on any atom is -0.494 e. The van der Waals surface area contributed by atoms with Crippen molar-refractivity contribution in [1.82, 2.24) is 9.88 Å². The second-order valence-electron chi connectivity index (χ2n) is 8.33. The molecule has 1 aliphatic rings. The second kappa shape index (κ2) is 10.7. The molecule has 1 aromatic heterocycles. The summed E-state index contributed by atoms with van der Waals surface area (Å²) in [5.41, 5.74) is 7.30. The zero-order valence-corrected chi connectivity index (χ0v) is 21.3. The number of benzene rings is 2. The summed E-state index contributed by atoms with van der Waals surface area (Å²) >= 11 is 0. The SMILES string of the molecule is COc1cc(Nc2c(C(N)=O)cnc3c(C)cc(S(=O)(=O)CCN4CCCC4=O)cc23)ccc1F.Cl. The molecule has 0 atom stereocenters. The maximum absolute atomic E-state index is 13.9. The monoisotopic (exact) mass is 536 g/mol. The first-order chi connectivity index (χ1) is 16.6. The molecule has 2 aromatic carbocycles. The number of sulfone groups is 1. The van der Waals surface area contributed by atoms with E-state index in [1.807, 2.05) is 0 Å². The van der Waals surface area contributed by atoms with Gasteiger partial charge in [-0.2, -0.15) is 0 Å². The molecule has 0 radical (unpaired) electrons. The molecule has 0 aliphatic carbocycles. The fraction of sp³-hybridized carbons (Fsp3) is 0.292. The number of hydrogen-bond acceptors (Lipinski definition) is 7. The summed E-state index contributed by atoms with van der Waals surface area (Å²) in [7, 11) is -2.43. The molecule has 12 heteroatoms. The highest BCUT2D eigenvalue weighted by atomic mass is 35.5. The van der Waals surface area contributed by atoms with Gasteiger partial charge in [-0.15, -0.1) is 12.4 Å². The molecule has 0 unspecified atom stereocenters. The van der Waals surface area contributed by atoms with E-state index in [9.17, 15) is 22.4 Å². The molecule has 36 heavy (non-hydrogen) atoms. The van der Waals surface area contributed by atoms with Crippen molar-refractivity contribution in [1.29, 1.82) is 0 Å². The van der Waals surface area contributed by atoms with Gasteiger partial charge >= 0.3 is 0 Å². The third kappa shape index (κ3) is 5.36. The molecule has 0 bridgehead atoms. The van der Waals surface area contributed by atoms with Gasteiger partial charge in [-0.05, 0) is 43.2 Å². The van der Waals surface area contributed by atoms with Gasteiger partial charge in [0, 0.05) is 42.8 Å². The van der Waals surface area contributed by atoms with Gasteiger partial charge in [-0.3, -0.25) is 14.6 Å². The van der Waals surface area contributed by atoms with E-state index in [4.69, 9.17) is 10.5 Å². The molecule has 1 fully saturated rings. The number of likely N-dealkylation sites (tertiary alicyclic amines) is 1. The highest BCUT2D eigenvalue weighted by Gasteiger charge is 2.25. The van der Waals surface area contributed by atoms with E-state index in [0.29, 0.717) is 35.1 Å². The molecule has 2 amide bonds. The Morgan fingerprint density at radius 2 is 2.03 bits per heavy atom. The lowest BCUT2D eigenvalue weighted by molar-refractivity contribution is -0.127. The Labute approximate surface area is 214 Å². The average molecular weight is 537 g/mol. The van der Waals surface area contributed by atoms with Crippen LogP contribution in [0.1, 0.15) is 28.8 Å². The van der Waals surface area contributed by atoms with E-state index in [-0.39, 0.29) is 52.5 Å². The highest BCUT2D eigenvalue weighted by Crippen LogP contribution is 2.34. The predicted molar refractivity (Wildman–Crippen MR) is 136 cm³/mol. The lowest BCUT2D eigenvalue weighted by Crippen LogP contribution is -2.30. The summed E-state index contributed by atoms with van der Waals surface area (Å²) in [4.78, 5) is 30.0. The van der Waals surface area contributed by atoms with Crippen LogP contribution in [0, 0.1) is 12.7 Å². The summed E-state index contributed by atoms with van der Waals surface area (Å²) in [5, 5.41) is 3.41. The van der Waals surface area contributed by atoms with Gasteiger partial charge in [0.1, 0.15) is 0 Å². The first-order valence-electron chi connectivity index (χ1n) is 10.9. The third-order valence-corrected chi connectivity index (χ3v) is 7.66. The number of primary amides is 1. The van der Waals surface area contributed by atoms with E-state index < -0.39 is 21.6 Å². The molecule has 4 rings (SSSR count). The van der Waals surface area contributed by atoms with E-state index in [1.54, 1.807) is 11.8 Å². The number of halogens is 2. The van der Waals surface area contributed by atoms with Crippen LogP contribution in [-0.4, -0.2) is 56.1 Å². The number of aryl methyl sites for hydroxylation is 1. The fourth-order valence-corrected chi connectivity index (χ4v) is 5.47. The van der Waals surface area contributed by atoms with Crippen LogP contribution in [0.15, 0.2) is 41.4 Å². The standard InChI is InChI=1S/C24H25FN4O5S.ClH/c1-14-10-16(35(32,33)9-8-29-7-3-4-21(29)30)12-17-22(14)27-13-18(24(26)31)23(17)28-15-5-6-19(25)20(11-15)34-2;/h5-6,10-13H,3-4,7-9H2,1-2H3,(H2,26,31)(H,27,28);1H. The molecule has 9 nitrogen and oxygen atoms in total. The summed E-state index contributed by atoms with van der Waals surface area (Å²) in [5.74, 6) is -1.62. The topological polar surface area (TPSA) is 132 Å². The average Bonchev–Trinajstić information content (AvgIpc) is 3.23. The van der Waals surface area contributed by atoms with Crippen LogP contribution in [0.2, 0.25) is 0 Å². The number of methoxy groups -OCH3 is 1. The second-order valence-corrected chi connectivity index (χ2v) is 10.4. The lowest BCUT2D eigenvalue weighted by atomic mass is 10.1. The molecule has 1 aliphatic heterocycles. The Hall–Kier alpha value is -3.44. The number of carbonyl (C=O) groups is 2. The molecule has 2 heterocycles. The van der Waals surface area contributed by atoms with Crippen molar-refractivity contribution in [2.45, 2.75) is 24.7 Å². The van der Waals surface area contributed by atoms with Gasteiger partial charge in [0.05, 0.1) is 34.5 Å². The van der Waals surface area contributed by atoms with Crippen molar-refractivity contribution in [2.75, 3.05) is 31.3 Å². The maximum Gasteiger partial charge on any atom is 0.252 e. The van der Waals surface area contributed by atoms with Crippen molar-refractivity contribution in [3.8, 4) is 5.75 Å². The normalized spacial score (nSPS) is 13.5. The molecule has 3 N–H and O–H groups in total. The summed E-state index contributed by atoms with van der Waals surface area (Å²) in [6, 6.07) is 7.02. The van der Waals surface area contributed by atoms with Crippen molar-refractivity contribution < 1.29 is 27.1 Å². The molecule has 3 aromatic rings. The van der Waals surface area contributed by atoms with Crippen LogP contribution < -0.4 is 15.8 Å². The van der Waals surface area contributed by atoms with E-state index >= 15 is 0 Å². The van der Waals surface area contributed by atoms with Gasteiger partial charge < -0.3 is 20.7 Å². The van der Waals surface area contributed by atoms with Crippen LogP contribution >= 0.6 is 12.4 Å². The quantitative estimate of drug-likeness (QED) is 0.451. The Kier molecular flexibility index (Phi) is 8.05. The maximum atomic E-state index is 13.9. The molecular weight excluding hydrogens is 511 g/mol. The lowest BCUT2D eigenvalue weighted by Gasteiger charge is -2.17. The van der Waals surface area contributed by atoms with Crippen LogP contribution in [0.3, 0.4) is 0 Å². The third-order valence-electron chi connectivity index (χ3n) is 5.98. The number of nitrogens with zero attached hydrogens (tertiary/aromatic N) is 2. The van der Waals surface area contributed by atoms with E-state index in [1.165, 1.54) is 43.6 Å². The number of nitrogens with two attached hydrogens (primary N) is 1. The summed E-state index contributed by atoms with van der Waals surface area (Å²) in [6.07, 6.45) is 2.46. The zero-order chi connectivity index (χ0) is 25.3. The van der Waals surface area contributed by atoms with E-state index in [0.717, 1.165) is 6.42 Å².